The minimum absolute atomic E-state index is 0.0862. The Balaban J connectivity index is 2.88. The molecule has 0 saturated heterocycles. The normalized spacial score (nSPS) is 12.0. The van der Waals surface area contributed by atoms with Gasteiger partial charge in [0.1, 0.15) is 0 Å². The second-order valence-corrected chi connectivity index (χ2v) is 5.47. The lowest BCUT2D eigenvalue weighted by molar-refractivity contribution is -0.141. The van der Waals surface area contributed by atoms with Gasteiger partial charge in [0, 0.05) is 25.2 Å². The lowest BCUT2D eigenvalue weighted by atomic mass is 10.1. The van der Waals surface area contributed by atoms with Crippen LogP contribution >= 0.6 is 0 Å². The van der Waals surface area contributed by atoms with Gasteiger partial charge in [-0.15, -0.1) is 0 Å². The van der Waals surface area contributed by atoms with E-state index in [0.29, 0.717) is 19.5 Å². The van der Waals surface area contributed by atoms with Gasteiger partial charge in [-0.3, -0.25) is 9.59 Å². The fourth-order valence-electron chi connectivity index (χ4n) is 2.30. The fourth-order valence-corrected chi connectivity index (χ4v) is 2.30. The van der Waals surface area contributed by atoms with Gasteiger partial charge in [0.15, 0.2) is 0 Å². The van der Waals surface area contributed by atoms with E-state index in [-0.39, 0.29) is 6.42 Å². The Hall–Kier alpha value is -2.04. The maximum absolute atomic E-state index is 11.1. The van der Waals surface area contributed by atoms with Gasteiger partial charge in [0.2, 0.25) is 0 Å². The second-order valence-electron chi connectivity index (χ2n) is 5.47. The molecule has 1 rings (SSSR count). The van der Waals surface area contributed by atoms with Gasteiger partial charge in [0.25, 0.3) is 0 Å². The van der Waals surface area contributed by atoms with Crippen LogP contribution in [0.5, 0.6) is 0 Å². The molecule has 0 spiro atoms. The molecule has 0 radical (unpaired) electrons. The highest BCUT2D eigenvalue weighted by Crippen LogP contribution is 2.23. The van der Waals surface area contributed by atoms with E-state index in [4.69, 9.17) is 10.2 Å². The van der Waals surface area contributed by atoms with Gasteiger partial charge in [-0.2, -0.15) is 0 Å². The minimum Gasteiger partial charge on any atom is -0.481 e. The Labute approximate surface area is 125 Å². The quantitative estimate of drug-likeness (QED) is 0.770. The van der Waals surface area contributed by atoms with Gasteiger partial charge < -0.3 is 15.1 Å². The summed E-state index contributed by atoms with van der Waals surface area (Å²) in [5, 5.41) is 17.8. The molecule has 1 unspecified atom stereocenters. The van der Waals surface area contributed by atoms with Crippen LogP contribution in [0.1, 0.15) is 30.9 Å². The van der Waals surface area contributed by atoms with Crippen molar-refractivity contribution in [2.75, 3.05) is 18.0 Å². The third-order valence-electron chi connectivity index (χ3n) is 3.43. The molecule has 1 aromatic rings. The maximum Gasteiger partial charge on any atom is 0.308 e. The summed E-state index contributed by atoms with van der Waals surface area (Å²) < 4.78 is 0. The minimum atomic E-state index is -0.844. The number of aryl methyl sites for hydroxylation is 2. The maximum atomic E-state index is 11.1. The SMILES string of the molecule is Cc1ccc(N(CCCC(=O)O)CC(C)C(=O)O)c(C)c1. The first kappa shape index (κ1) is 17.0. The number of carbonyl (C=O) groups is 2. The molecule has 5 heteroatoms. The molecule has 0 aromatic heterocycles. The standard InChI is InChI=1S/C16H23NO4/c1-11-6-7-14(12(2)9-11)17(8-4-5-15(18)19)10-13(3)16(20)21/h6-7,9,13H,4-5,8,10H2,1-3H3,(H,18,19)(H,20,21). The summed E-state index contributed by atoms with van der Waals surface area (Å²) in [5.74, 6) is -2.18. The van der Waals surface area contributed by atoms with E-state index in [9.17, 15) is 9.59 Å². The van der Waals surface area contributed by atoms with Crippen LogP contribution in [-0.4, -0.2) is 35.2 Å². The zero-order chi connectivity index (χ0) is 16.0. The second kappa shape index (κ2) is 7.67. The zero-order valence-electron chi connectivity index (χ0n) is 12.8. The number of benzene rings is 1. The molecule has 5 nitrogen and oxygen atoms in total. The van der Waals surface area contributed by atoms with Crippen molar-refractivity contribution in [1.82, 2.24) is 0 Å². The Kier molecular flexibility index (Phi) is 6.21. The molecule has 21 heavy (non-hydrogen) atoms. The summed E-state index contributed by atoms with van der Waals surface area (Å²) in [7, 11) is 0. The van der Waals surface area contributed by atoms with Crippen molar-refractivity contribution in [3.63, 3.8) is 0 Å². The van der Waals surface area contributed by atoms with E-state index in [1.165, 1.54) is 0 Å². The van der Waals surface area contributed by atoms with Crippen molar-refractivity contribution in [2.45, 2.75) is 33.6 Å². The molecule has 0 heterocycles. The van der Waals surface area contributed by atoms with E-state index in [2.05, 4.69) is 0 Å². The lowest BCUT2D eigenvalue weighted by Gasteiger charge is -2.28. The Bertz CT molecular complexity index is 513. The van der Waals surface area contributed by atoms with Crippen molar-refractivity contribution in [2.24, 2.45) is 5.92 Å². The predicted octanol–water partition coefficient (Wildman–Crippen LogP) is 2.70. The lowest BCUT2D eigenvalue weighted by Crippen LogP contribution is -2.33. The van der Waals surface area contributed by atoms with Crippen LogP contribution in [0.15, 0.2) is 18.2 Å². The number of carboxylic acids is 2. The summed E-state index contributed by atoms with van der Waals surface area (Å²) in [6.07, 6.45) is 0.581. The highest BCUT2D eigenvalue weighted by atomic mass is 16.4. The van der Waals surface area contributed by atoms with Crippen LogP contribution in [0.4, 0.5) is 5.69 Å². The molecule has 0 aliphatic carbocycles. The van der Waals surface area contributed by atoms with Crippen LogP contribution in [-0.2, 0) is 9.59 Å². The van der Waals surface area contributed by atoms with E-state index in [0.717, 1.165) is 16.8 Å². The smallest absolute Gasteiger partial charge is 0.308 e. The van der Waals surface area contributed by atoms with E-state index < -0.39 is 17.9 Å². The molecule has 0 saturated carbocycles. The molecule has 0 fully saturated rings. The van der Waals surface area contributed by atoms with E-state index >= 15 is 0 Å². The monoisotopic (exact) mass is 293 g/mol. The molecular formula is C16H23NO4. The van der Waals surface area contributed by atoms with E-state index in [1.807, 2.05) is 36.9 Å². The zero-order valence-corrected chi connectivity index (χ0v) is 12.8. The molecule has 0 aliphatic rings. The van der Waals surface area contributed by atoms with Crippen LogP contribution in [0.2, 0.25) is 0 Å². The number of nitrogens with zero attached hydrogens (tertiary/aromatic N) is 1. The van der Waals surface area contributed by atoms with Gasteiger partial charge in [-0.05, 0) is 31.9 Å². The summed E-state index contributed by atoms with van der Waals surface area (Å²) in [5.41, 5.74) is 3.19. The third-order valence-corrected chi connectivity index (χ3v) is 3.43. The molecule has 0 bridgehead atoms. The number of hydrogen-bond acceptors (Lipinski definition) is 3. The Morgan fingerprint density at radius 1 is 1.24 bits per heavy atom. The van der Waals surface area contributed by atoms with Crippen LogP contribution < -0.4 is 4.90 Å². The van der Waals surface area contributed by atoms with E-state index in [1.54, 1.807) is 6.92 Å². The van der Waals surface area contributed by atoms with Crippen molar-refractivity contribution >= 4 is 17.6 Å². The first-order chi connectivity index (χ1) is 9.81. The summed E-state index contributed by atoms with van der Waals surface area (Å²) >= 11 is 0. The molecule has 0 amide bonds. The first-order valence-corrected chi connectivity index (χ1v) is 7.08. The summed E-state index contributed by atoms with van der Waals surface area (Å²) in [6, 6.07) is 6.00. The first-order valence-electron chi connectivity index (χ1n) is 7.08. The molecule has 1 atom stereocenters. The molecule has 1 aromatic carbocycles. The van der Waals surface area contributed by atoms with Crippen molar-refractivity contribution < 1.29 is 19.8 Å². The summed E-state index contributed by atoms with van der Waals surface area (Å²) in [4.78, 5) is 23.7. The van der Waals surface area contributed by atoms with Gasteiger partial charge in [0.05, 0.1) is 5.92 Å². The molecule has 0 aliphatic heterocycles. The van der Waals surface area contributed by atoms with Crippen molar-refractivity contribution in [3.05, 3.63) is 29.3 Å². The molecule has 116 valence electrons. The third kappa shape index (κ3) is 5.45. The van der Waals surface area contributed by atoms with Gasteiger partial charge in [-0.1, -0.05) is 24.6 Å². The van der Waals surface area contributed by atoms with Gasteiger partial charge in [-0.25, -0.2) is 0 Å². The van der Waals surface area contributed by atoms with Crippen molar-refractivity contribution in [3.8, 4) is 0 Å². The van der Waals surface area contributed by atoms with Crippen LogP contribution in [0, 0.1) is 19.8 Å². The number of hydrogen-bond donors (Lipinski definition) is 2. The molecule has 2 N–H and O–H groups in total. The topological polar surface area (TPSA) is 77.8 Å². The molecular weight excluding hydrogens is 270 g/mol. The highest BCUT2D eigenvalue weighted by Gasteiger charge is 2.18. The summed E-state index contributed by atoms with van der Waals surface area (Å²) in [6.45, 7) is 6.56. The average Bonchev–Trinajstić information content (AvgIpc) is 2.37. The Morgan fingerprint density at radius 3 is 2.43 bits per heavy atom. The largest absolute Gasteiger partial charge is 0.481 e. The average molecular weight is 293 g/mol. The number of aliphatic carboxylic acids is 2. The van der Waals surface area contributed by atoms with Crippen LogP contribution in [0.25, 0.3) is 0 Å². The van der Waals surface area contributed by atoms with Crippen molar-refractivity contribution in [1.29, 1.82) is 0 Å². The van der Waals surface area contributed by atoms with Gasteiger partial charge >= 0.3 is 11.9 Å². The number of anilines is 1. The van der Waals surface area contributed by atoms with Crippen LogP contribution in [0.3, 0.4) is 0 Å². The number of rotatable bonds is 8. The Morgan fingerprint density at radius 2 is 1.90 bits per heavy atom. The predicted molar refractivity (Wildman–Crippen MR) is 81.8 cm³/mol. The highest BCUT2D eigenvalue weighted by molar-refractivity contribution is 5.71. The number of carboxylic acid groups (broad SMARTS) is 2. The fraction of sp³-hybridized carbons (Fsp3) is 0.500.